The van der Waals surface area contributed by atoms with Crippen LogP contribution in [0.5, 0.6) is 0 Å². The van der Waals surface area contributed by atoms with Crippen molar-refractivity contribution in [3.05, 3.63) is 6.33 Å². The van der Waals surface area contributed by atoms with Crippen molar-refractivity contribution in [3.8, 4) is 0 Å². The van der Waals surface area contributed by atoms with E-state index in [1.807, 2.05) is 0 Å². The normalized spacial score (nSPS) is 23.8. The quantitative estimate of drug-likeness (QED) is 0.125. The average molecular weight is 443 g/mol. The Morgan fingerprint density at radius 2 is 2.28 bits per heavy atom. The van der Waals surface area contributed by atoms with E-state index in [0.717, 1.165) is 11.8 Å². The topological polar surface area (TPSA) is 199 Å². The van der Waals surface area contributed by atoms with Crippen molar-refractivity contribution in [1.82, 2.24) is 29.7 Å². The van der Waals surface area contributed by atoms with Gasteiger partial charge in [-0.25, -0.2) is 15.0 Å². The number of nitrogens with one attached hydrogen (secondary N) is 2. The molecule has 0 aliphatic carbocycles. The van der Waals surface area contributed by atoms with Gasteiger partial charge in [0.2, 0.25) is 10.8 Å². The van der Waals surface area contributed by atoms with Crippen LogP contribution in [0.1, 0.15) is 6.23 Å². The van der Waals surface area contributed by atoms with Crippen molar-refractivity contribution in [2.75, 3.05) is 30.3 Å². The van der Waals surface area contributed by atoms with Gasteiger partial charge in [-0.15, -0.1) is 0 Å². The van der Waals surface area contributed by atoms with Gasteiger partial charge in [0, 0.05) is 12.3 Å². The average Bonchev–Trinajstić information content (AvgIpc) is 3.22. The molecule has 3 heterocycles. The Balaban J connectivity index is 1.94. The maximum atomic E-state index is 12.0. The van der Waals surface area contributed by atoms with E-state index in [0.29, 0.717) is 17.5 Å². The van der Waals surface area contributed by atoms with E-state index < -0.39 is 24.5 Å². The predicted molar refractivity (Wildman–Crippen MR) is 105 cm³/mol. The van der Waals surface area contributed by atoms with Crippen molar-refractivity contribution in [3.63, 3.8) is 0 Å². The molecule has 29 heavy (non-hydrogen) atoms. The Hall–Kier alpha value is -2.29. The number of anilines is 1. The van der Waals surface area contributed by atoms with Gasteiger partial charge >= 0.3 is 0 Å². The molecule has 0 radical (unpaired) electrons. The molecule has 13 nitrogen and oxygen atoms in total. The molecule has 1 aliphatic heterocycles. The first-order valence-corrected chi connectivity index (χ1v) is 10.1. The highest BCUT2D eigenvalue weighted by Crippen LogP contribution is 2.36. The van der Waals surface area contributed by atoms with Gasteiger partial charge in [-0.05, 0) is 0 Å². The zero-order valence-corrected chi connectivity index (χ0v) is 16.8. The molecule has 4 atom stereocenters. The molecule has 3 rings (SSSR count). The molecule has 15 heteroatoms. The number of nitrogens with two attached hydrogens (primary N) is 1. The van der Waals surface area contributed by atoms with Crippen LogP contribution in [0.3, 0.4) is 0 Å². The molecule has 1 saturated heterocycles. The van der Waals surface area contributed by atoms with Crippen molar-refractivity contribution in [1.29, 1.82) is 5.53 Å². The SMILES string of the molecule is N=[N+]=NC[C@H]1O[C@@H](n2c(SCC(=O)NCCS)nc3c(N)ncnc32)[C@H](O)[C@@H]1O. The summed E-state index contributed by atoms with van der Waals surface area (Å²) in [6, 6.07) is 0. The van der Waals surface area contributed by atoms with Gasteiger partial charge in [-0.2, -0.15) is 12.6 Å². The standard InChI is InChI=1S/C14H19N9O4S2/c15-11-8-12(19-5-18-11)23(14(21-8)29-4-7(24)17-1-2-28)13-10(26)9(25)6(27-13)3-20-22-16/h5-6,9-10,13,16,25-26H,1-4H2,(H3-,15,17,18,19,24,28)/p+1/t6-,9-,10-,13-/m1/s1. The number of nitrogens with zero attached hydrogens (tertiary/aromatic N) is 6. The van der Waals surface area contributed by atoms with Gasteiger partial charge in [0.1, 0.15) is 35.3 Å². The summed E-state index contributed by atoms with van der Waals surface area (Å²) in [6.45, 7) is 0.330. The number of nitrogen functional groups attached to an aromatic ring is 1. The molecular weight excluding hydrogens is 422 g/mol. The summed E-state index contributed by atoms with van der Waals surface area (Å²) in [4.78, 5) is 27.3. The van der Waals surface area contributed by atoms with Crippen LogP contribution < -0.4 is 16.0 Å². The van der Waals surface area contributed by atoms with E-state index in [2.05, 4.69) is 42.9 Å². The third-order valence-corrected chi connectivity index (χ3v) is 5.34. The van der Waals surface area contributed by atoms with Crippen LogP contribution in [0, 0.1) is 5.53 Å². The molecule has 1 amide bonds. The molecule has 0 aromatic carbocycles. The third-order valence-electron chi connectivity index (χ3n) is 4.16. The van der Waals surface area contributed by atoms with E-state index >= 15 is 0 Å². The van der Waals surface area contributed by atoms with Gasteiger partial charge in [-0.1, -0.05) is 11.8 Å². The second-order valence-electron chi connectivity index (χ2n) is 6.03. The van der Waals surface area contributed by atoms with Crippen molar-refractivity contribution < 1.29 is 19.7 Å². The number of aromatic nitrogens is 4. The Labute approximate surface area is 174 Å². The molecule has 0 bridgehead atoms. The van der Waals surface area contributed by atoms with Crippen LogP contribution in [-0.2, 0) is 9.53 Å². The number of aliphatic hydroxyl groups is 2. The molecule has 1 fully saturated rings. The summed E-state index contributed by atoms with van der Waals surface area (Å²) in [5.74, 6) is 0.468. The number of ether oxygens (including phenoxy) is 1. The lowest BCUT2D eigenvalue weighted by atomic mass is 10.1. The fourth-order valence-electron chi connectivity index (χ4n) is 2.83. The number of imidazole rings is 1. The van der Waals surface area contributed by atoms with Gasteiger partial charge < -0.3 is 26.0 Å². The van der Waals surface area contributed by atoms with Crippen LogP contribution in [0.25, 0.3) is 11.2 Å². The summed E-state index contributed by atoms with van der Waals surface area (Å²) in [5, 5.41) is 27.3. The minimum Gasteiger partial charge on any atom is -0.387 e. The molecule has 6 N–H and O–H groups in total. The Bertz CT molecular complexity index is 935. The van der Waals surface area contributed by atoms with E-state index in [4.69, 9.17) is 16.0 Å². The monoisotopic (exact) mass is 442 g/mol. The van der Waals surface area contributed by atoms with Crippen molar-refractivity contribution in [2.45, 2.75) is 29.7 Å². The number of thioether (sulfide) groups is 1. The molecule has 0 saturated carbocycles. The largest absolute Gasteiger partial charge is 0.387 e. The molecule has 1 aliphatic rings. The molecule has 2 aromatic heterocycles. The number of aliphatic hydroxyl groups excluding tert-OH is 2. The van der Waals surface area contributed by atoms with Gasteiger partial charge in [0.15, 0.2) is 34.9 Å². The minimum absolute atomic E-state index is 0.0479. The number of amides is 1. The van der Waals surface area contributed by atoms with E-state index in [1.54, 1.807) is 0 Å². The number of thiol groups is 1. The third kappa shape index (κ3) is 4.49. The number of rotatable bonds is 8. The van der Waals surface area contributed by atoms with E-state index in [9.17, 15) is 15.0 Å². The van der Waals surface area contributed by atoms with E-state index in [1.165, 1.54) is 10.9 Å². The van der Waals surface area contributed by atoms with Crippen LogP contribution in [0.4, 0.5) is 5.82 Å². The first-order valence-electron chi connectivity index (χ1n) is 8.51. The predicted octanol–water partition coefficient (Wildman–Crippen LogP) is -1.28. The molecule has 0 unspecified atom stereocenters. The number of carbonyl (C=O) groups excluding carboxylic acids is 1. The van der Waals surface area contributed by atoms with Crippen molar-refractivity contribution in [2.24, 2.45) is 5.11 Å². The second-order valence-corrected chi connectivity index (χ2v) is 7.42. The van der Waals surface area contributed by atoms with Crippen LogP contribution >= 0.6 is 24.4 Å². The van der Waals surface area contributed by atoms with Gasteiger partial charge in [0.25, 0.3) is 0 Å². The lowest BCUT2D eigenvalue weighted by Gasteiger charge is -2.19. The first kappa shape index (κ1) is 21.4. The molecule has 2 aromatic rings. The van der Waals surface area contributed by atoms with Crippen LogP contribution in [0.15, 0.2) is 16.6 Å². The maximum absolute atomic E-state index is 12.0. The smallest absolute Gasteiger partial charge is 0.230 e. The maximum Gasteiger partial charge on any atom is 0.230 e. The molecule has 156 valence electrons. The zero-order chi connectivity index (χ0) is 21.0. The summed E-state index contributed by atoms with van der Waals surface area (Å²) in [7, 11) is 0. The molecular formula is C14H20N9O4S2+. The van der Waals surface area contributed by atoms with Gasteiger partial charge in [0.05, 0.1) is 5.75 Å². The number of carbonyl (C=O) groups is 1. The van der Waals surface area contributed by atoms with Crippen molar-refractivity contribution >= 4 is 47.3 Å². The molecule has 0 spiro atoms. The lowest BCUT2D eigenvalue weighted by Crippen LogP contribution is -2.33. The number of hydrogen-bond acceptors (Lipinski definition) is 12. The Morgan fingerprint density at radius 1 is 1.48 bits per heavy atom. The number of fused-ring (bicyclic) bond motifs is 1. The first-order chi connectivity index (χ1) is 14.0. The minimum atomic E-state index is -1.33. The Kier molecular flexibility index (Phi) is 7.00. The Morgan fingerprint density at radius 3 is 3.00 bits per heavy atom. The highest BCUT2D eigenvalue weighted by molar-refractivity contribution is 7.99. The number of hydrogen-bond donors (Lipinski definition) is 6. The summed E-state index contributed by atoms with van der Waals surface area (Å²) in [5.41, 5.74) is 13.2. The van der Waals surface area contributed by atoms with Crippen LogP contribution in [-0.4, -0.2) is 78.5 Å². The van der Waals surface area contributed by atoms with E-state index in [-0.39, 0.29) is 35.2 Å². The fourth-order valence-corrected chi connectivity index (χ4v) is 3.79. The fraction of sp³-hybridized carbons (Fsp3) is 0.571. The lowest BCUT2D eigenvalue weighted by molar-refractivity contribution is -0.118. The summed E-state index contributed by atoms with van der Waals surface area (Å²) in [6.07, 6.45) is -3.28. The highest BCUT2D eigenvalue weighted by Gasteiger charge is 2.46. The highest BCUT2D eigenvalue weighted by atomic mass is 32.2. The summed E-state index contributed by atoms with van der Waals surface area (Å²) >= 11 is 5.14. The zero-order valence-electron chi connectivity index (χ0n) is 15.0. The summed E-state index contributed by atoms with van der Waals surface area (Å²) < 4.78 is 7.22. The van der Waals surface area contributed by atoms with Crippen LogP contribution in [0.2, 0.25) is 0 Å². The second kappa shape index (κ2) is 9.47. The van der Waals surface area contributed by atoms with Gasteiger partial charge in [-0.3, -0.25) is 9.36 Å².